The van der Waals surface area contributed by atoms with Crippen molar-refractivity contribution in [2.75, 3.05) is 39.4 Å². The molecule has 0 saturated carbocycles. The van der Waals surface area contributed by atoms with Crippen LogP contribution in [0, 0.1) is 6.92 Å². The van der Waals surface area contributed by atoms with E-state index in [0.717, 1.165) is 23.5 Å². The van der Waals surface area contributed by atoms with Crippen molar-refractivity contribution in [3.63, 3.8) is 0 Å². The molecular formula is C29H30N2O5S. The van der Waals surface area contributed by atoms with E-state index in [0.29, 0.717) is 44.2 Å². The number of nitrogens with zero attached hydrogens (tertiary/aromatic N) is 2. The zero-order valence-electron chi connectivity index (χ0n) is 20.8. The van der Waals surface area contributed by atoms with Crippen LogP contribution >= 0.6 is 11.3 Å². The average Bonchev–Trinajstić information content (AvgIpc) is 3.54. The van der Waals surface area contributed by atoms with Gasteiger partial charge in [0.05, 0.1) is 24.8 Å². The van der Waals surface area contributed by atoms with Crippen LogP contribution in [0.15, 0.2) is 71.6 Å². The Bertz CT molecular complexity index is 1280. The molecule has 1 N–H and O–H groups in total. The number of amides is 1. The molecule has 7 nitrogen and oxygen atoms in total. The Balaban J connectivity index is 1.37. The summed E-state index contributed by atoms with van der Waals surface area (Å²) < 4.78 is 11.3. The van der Waals surface area contributed by atoms with Gasteiger partial charge < -0.3 is 19.5 Å². The first-order valence-corrected chi connectivity index (χ1v) is 13.3. The third kappa shape index (κ3) is 5.61. The topological polar surface area (TPSA) is 79.3 Å². The number of ether oxygens (including phenoxy) is 2. The fraction of sp³-hybridized carbons (Fsp3) is 0.310. The molecule has 37 heavy (non-hydrogen) atoms. The van der Waals surface area contributed by atoms with Gasteiger partial charge in [-0.25, -0.2) is 0 Å². The number of hydrogen-bond donors (Lipinski definition) is 1. The molecule has 2 aromatic carbocycles. The summed E-state index contributed by atoms with van der Waals surface area (Å²) in [4.78, 5) is 30.9. The number of hydrogen-bond acceptors (Lipinski definition) is 7. The molecule has 1 unspecified atom stereocenters. The van der Waals surface area contributed by atoms with Crippen molar-refractivity contribution in [2.45, 2.75) is 19.6 Å². The van der Waals surface area contributed by atoms with Gasteiger partial charge in [0.2, 0.25) is 0 Å². The Morgan fingerprint density at radius 1 is 1.05 bits per heavy atom. The highest BCUT2D eigenvalue weighted by molar-refractivity contribution is 7.10. The van der Waals surface area contributed by atoms with E-state index < -0.39 is 17.7 Å². The lowest BCUT2D eigenvalue weighted by Gasteiger charge is -2.30. The number of carbonyl (C=O) groups is 2. The molecule has 0 spiro atoms. The quantitative estimate of drug-likeness (QED) is 0.271. The first-order chi connectivity index (χ1) is 18.0. The number of aliphatic hydroxyl groups excluding tert-OH is 1. The van der Waals surface area contributed by atoms with Crippen molar-refractivity contribution >= 4 is 28.8 Å². The molecule has 0 radical (unpaired) electrons. The third-order valence-electron chi connectivity index (χ3n) is 6.73. The van der Waals surface area contributed by atoms with E-state index in [4.69, 9.17) is 9.47 Å². The van der Waals surface area contributed by atoms with E-state index >= 15 is 0 Å². The number of rotatable bonds is 8. The molecule has 2 aliphatic heterocycles. The second kappa shape index (κ2) is 11.3. The van der Waals surface area contributed by atoms with Crippen molar-refractivity contribution in [1.29, 1.82) is 0 Å². The first-order valence-electron chi connectivity index (χ1n) is 12.4. The first kappa shape index (κ1) is 25.2. The third-order valence-corrected chi connectivity index (χ3v) is 7.65. The van der Waals surface area contributed by atoms with E-state index in [1.807, 2.05) is 42.6 Å². The highest BCUT2D eigenvalue weighted by Crippen LogP contribution is 2.41. The number of carbonyl (C=O) groups excluding carboxylic acids is 2. The van der Waals surface area contributed by atoms with Crippen LogP contribution in [0.4, 0.5) is 0 Å². The predicted molar refractivity (Wildman–Crippen MR) is 143 cm³/mol. The molecule has 2 saturated heterocycles. The summed E-state index contributed by atoms with van der Waals surface area (Å²) in [6.45, 7) is 6.44. The van der Waals surface area contributed by atoms with Crippen LogP contribution in [-0.4, -0.2) is 66.0 Å². The van der Waals surface area contributed by atoms with Gasteiger partial charge in [0.1, 0.15) is 18.1 Å². The van der Waals surface area contributed by atoms with Crippen molar-refractivity contribution < 1.29 is 24.2 Å². The SMILES string of the molecule is Cc1cccc(COc2ccc(/C(O)=C3/C(=O)C(=O)N(CCN4CCOCC4)C3c3cccs3)cc2)c1. The normalized spacial score (nSPS) is 19.9. The average molecular weight is 519 g/mol. The molecular weight excluding hydrogens is 488 g/mol. The minimum atomic E-state index is -0.655. The van der Waals surface area contributed by atoms with E-state index in [9.17, 15) is 14.7 Å². The van der Waals surface area contributed by atoms with Gasteiger partial charge in [-0.15, -0.1) is 11.3 Å². The Hall–Kier alpha value is -3.46. The zero-order chi connectivity index (χ0) is 25.8. The lowest BCUT2D eigenvalue weighted by molar-refractivity contribution is -0.140. The molecule has 1 atom stereocenters. The summed E-state index contributed by atoms with van der Waals surface area (Å²) in [7, 11) is 0. The largest absolute Gasteiger partial charge is 0.507 e. The number of aliphatic hydroxyl groups is 1. The van der Waals surface area contributed by atoms with Crippen molar-refractivity contribution in [2.24, 2.45) is 0 Å². The summed E-state index contributed by atoms with van der Waals surface area (Å²) in [5.41, 5.74) is 2.83. The number of benzene rings is 2. The summed E-state index contributed by atoms with van der Waals surface area (Å²) >= 11 is 1.47. The number of aryl methyl sites for hydroxylation is 1. The maximum Gasteiger partial charge on any atom is 0.295 e. The second-order valence-corrected chi connectivity index (χ2v) is 10.2. The van der Waals surface area contributed by atoms with Crippen LogP contribution in [0.3, 0.4) is 0 Å². The summed E-state index contributed by atoms with van der Waals surface area (Å²) in [6.07, 6.45) is 0. The fourth-order valence-corrected chi connectivity index (χ4v) is 5.61. The van der Waals surface area contributed by atoms with Gasteiger partial charge in [-0.3, -0.25) is 14.5 Å². The molecule has 8 heteroatoms. The van der Waals surface area contributed by atoms with Gasteiger partial charge >= 0.3 is 0 Å². The molecule has 0 bridgehead atoms. The molecule has 3 heterocycles. The Morgan fingerprint density at radius 3 is 2.54 bits per heavy atom. The van der Waals surface area contributed by atoms with Crippen LogP contribution in [0.1, 0.15) is 27.6 Å². The van der Waals surface area contributed by atoms with Crippen LogP contribution in [0.5, 0.6) is 5.75 Å². The lowest BCUT2D eigenvalue weighted by Crippen LogP contribution is -2.42. The monoisotopic (exact) mass is 518 g/mol. The molecule has 2 aliphatic rings. The van der Waals surface area contributed by atoms with Gasteiger partial charge in [0.15, 0.2) is 0 Å². The van der Waals surface area contributed by atoms with Gasteiger partial charge in [0.25, 0.3) is 11.7 Å². The number of Topliss-reactive ketones (excluding diaryl/α,β-unsaturated/α-hetero) is 1. The summed E-state index contributed by atoms with van der Waals surface area (Å²) in [5.74, 6) is -0.751. The van der Waals surface area contributed by atoms with Gasteiger partial charge in [-0.2, -0.15) is 0 Å². The highest BCUT2D eigenvalue weighted by atomic mass is 32.1. The Labute approximate surface area is 220 Å². The van der Waals surface area contributed by atoms with Gasteiger partial charge in [-0.1, -0.05) is 35.9 Å². The molecule has 5 rings (SSSR count). The molecule has 2 fully saturated rings. The number of ketones is 1. The van der Waals surface area contributed by atoms with Gasteiger partial charge in [-0.05, 0) is 48.2 Å². The van der Waals surface area contributed by atoms with E-state index in [1.165, 1.54) is 16.9 Å². The molecule has 1 aromatic heterocycles. The predicted octanol–water partition coefficient (Wildman–Crippen LogP) is 4.39. The van der Waals surface area contributed by atoms with Gasteiger partial charge in [0, 0.05) is 36.6 Å². The van der Waals surface area contributed by atoms with Crippen LogP contribution in [-0.2, 0) is 20.9 Å². The summed E-state index contributed by atoms with van der Waals surface area (Å²) in [6, 6.07) is 18.3. The number of thiophene rings is 1. The van der Waals surface area contributed by atoms with Crippen molar-refractivity contribution in [3.8, 4) is 5.75 Å². The van der Waals surface area contributed by atoms with E-state index in [1.54, 1.807) is 29.2 Å². The standard InChI is InChI=1S/C29H30N2O5S/c1-20-4-2-5-21(18-20)19-36-23-9-7-22(8-10-23)27(32)25-26(24-6-3-17-37-24)31(29(34)28(25)33)12-11-30-13-15-35-16-14-30/h2-10,17-18,26,32H,11-16,19H2,1H3/b27-25-. The van der Waals surface area contributed by atoms with Crippen molar-refractivity contribution in [3.05, 3.63) is 93.2 Å². The smallest absolute Gasteiger partial charge is 0.295 e. The maximum atomic E-state index is 13.2. The fourth-order valence-electron chi connectivity index (χ4n) is 4.76. The molecule has 0 aliphatic carbocycles. The second-order valence-electron chi connectivity index (χ2n) is 9.26. The maximum absolute atomic E-state index is 13.2. The molecule has 3 aromatic rings. The van der Waals surface area contributed by atoms with Crippen molar-refractivity contribution in [1.82, 2.24) is 9.80 Å². The minimum Gasteiger partial charge on any atom is -0.507 e. The van der Waals surface area contributed by atoms with Crippen LogP contribution in [0.25, 0.3) is 5.76 Å². The molecule has 1 amide bonds. The van der Waals surface area contributed by atoms with Crippen LogP contribution < -0.4 is 4.74 Å². The minimum absolute atomic E-state index is 0.128. The highest BCUT2D eigenvalue weighted by Gasteiger charge is 2.46. The van der Waals surface area contributed by atoms with E-state index in [2.05, 4.69) is 11.0 Å². The van der Waals surface area contributed by atoms with E-state index in [-0.39, 0.29) is 11.3 Å². The lowest BCUT2D eigenvalue weighted by atomic mass is 10.00. The van der Waals surface area contributed by atoms with Crippen LogP contribution in [0.2, 0.25) is 0 Å². The molecule has 192 valence electrons. The Kier molecular flexibility index (Phi) is 7.69. The summed E-state index contributed by atoms with van der Waals surface area (Å²) in [5, 5.41) is 13.2. The Morgan fingerprint density at radius 2 is 1.84 bits per heavy atom. The zero-order valence-corrected chi connectivity index (χ0v) is 21.6. The number of likely N-dealkylation sites (tertiary alicyclic amines) is 1. The number of morpholine rings is 1.